The summed E-state index contributed by atoms with van der Waals surface area (Å²) in [7, 11) is -2.30. The second kappa shape index (κ2) is 7.49. The third-order valence-corrected chi connectivity index (χ3v) is 6.58. The van der Waals surface area contributed by atoms with Gasteiger partial charge in [0.2, 0.25) is 15.9 Å². The second-order valence-electron chi connectivity index (χ2n) is 5.48. The predicted octanol–water partition coefficient (Wildman–Crippen LogP) is 3.35. The van der Waals surface area contributed by atoms with Crippen molar-refractivity contribution in [2.75, 3.05) is 20.2 Å². The van der Waals surface area contributed by atoms with Crippen LogP contribution in [0.3, 0.4) is 0 Å². The predicted molar refractivity (Wildman–Crippen MR) is 97.7 cm³/mol. The van der Waals surface area contributed by atoms with Crippen LogP contribution in [-0.2, 0) is 10.0 Å². The fourth-order valence-electron chi connectivity index (χ4n) is 2.62. The summed E-state index contributed by atoms with van der Waals surface area (Å²) in [6.45, 7) is 0.591. The minimum atomic E-state index is -3.73. The summed E-state index contributed by atoms with van der Waals surface area (Å²) in [6, 6.07) is 8.15. The van der Waals surface area contributed by atoms with Crippen molar-refractivity contribution in [1.29, 1.82) is 0 Å². The largest absolute Gasteiger partial charge is 0.495 e. The van der Waals surface area contributed by atoms with Crippen molar-refractivity contribution in [2.24, 2.45) is 0 Å². The summed E-state index contributed by atoms with van der Waals surface area (Å²) in [5.74, 6) is 0.716. The van der Waals surface area contributed by atoms with Crippen molar-refractivity contribution in [1.82, 2.24) is 9.29 Å². The Hall–Kier alpha value is -1.35. The quantitative estimate of drug-likeness (QED) is 0.703. The zero-order valence-electron chi connectivity index (χ0n) is 13.4. The lowest BCUT2D eigenvalue weighted by molar-refractivity contribution is 0.205. The van der Waals surface area contributed by atoms with Crippen molar-refractivity contribution in [3.05, 3.63) is 46.0 Å². The summed E-state index contributed by atoms with van der Waals surface area (Å²) < 4.78 is 39.0. The minimum Gasteiger partial charge on any atom is -0.495 e. The zero-order valence-corrected chi connectivity index (χ0v) is 16.5. The number of methoxy groups -OCH3 is 1. The smallest absolute Gasteiger partial charge is 0.246 e. The van der Waals surface area contributed by atoms with Crippen LogP contribution in [-0.4, -0.2) is 44.0 Å². The van der Waals surface area contributed by atoms with Gasteiger partial charge in [0.1, 0.15) is 16.7 Å². The molecule has 1 aliphatic heterocycles. The van der Waals surface area contributed by atoms with Crippen molar-refractivity contribution < 1.29 is 17.9 Å². The normalized spacial score (nSPS) is 18.3. The lowest BCUT2D eigenvalue weighted by Gasteiger charge is -2.19. The molecular weight excluding hydrogens is 432 g/mol. The van der Waals surface area contributed by atoms with Crippen LogP contribution in [0.5, 0.6) is 11.6 Å². The van der Waals surface area contributed by atoms with Crippen LogP contribution in [0, 0.1) is 0 Å². The number of benzene rings is 1. The summed E-state index contributed by atoms with van der Waals surface area (Å²) in [5.41, 5.74) is 0. The SMILES string of the molecule is COc1ccc(Cl)cc1S(=O)(=O)N1CCC(Oc2ncccc2Br)C1. The first kappa shape index (κ1) is 18.4. The molecule has 0 radical (unpaired) electrons. The van der Waals surface area contributed by atoms with Crippen LogP contribution in [0.15, 0.2) is 45.9 Å². The molecule has 6 nitrogen and oxygen atoms in total. The number of rotatable bonds is 5. The van der Waals surface area contributed by atoms with Crippen LogP contribution in [0.25, 0.3) is 0 Å². The van der Waals surface area contributed by atoms with Gasteiger partial charge in [-0.2, -0.15) is 4.31 Å². The van der Waals surface area contributed by atoms with Gasteiger partial charge in [-0.05, 0) is 52.7 Å². The molecule has 1 saturated heterocycles. The van der Waals surface area contributed by atoms with E-state index in [2.05, 4.69) is 20.9 Å². The number of sulfonamides is 1. The number of aromatic nitrogens is 1. The number of hydrogen-bond acceptors (Lipinski definition) is 5. The molecule has 0 aliphatic carbocycles. The standard InChI is InChI=1S/C16H16BrClN2O4S/c1-23-14-5-4-11(18)9-15(14)25(21,22)20-8-6-12(10-20)24-16-13(17)3-2-7-19-16/h2-5,7,9,12H,6,8,10H2,1H3. The van der Waals surface area contributed by atoms with Crippen LogP contribution in [0.1, 0.15) is 6.42 Å². The fourth-order valence-corrected chi connectivity index (χ4v) is 4.87. The van der Waals surface area contributed by atoms with E-state index < -0.39 is 10.0 Å². The zero-order chi connectivity index (χ0) is 18.0. The molecule has 9 heteroatoms. The van der Waals surface area contributed by atoms with Gasteiger partial charge >= 0.3 is 0 Å². The molecule has 0 amide bonds. The Balaban J connectivity index is 1.79. The van der Waals surface area contributed by atoms with E-state index in [0.29, 0.717) is 23.9 Å². The Bertz CT molecular complexity index is 878. The molecule has 0 saturated carbocycles. The van der Waals surface area contributed by atoms with Crippen LogP contribution in [0.2, 0.25) is 5.02 Å². The average Bonchev–Trinajstić information content (AvgIpc) is 3.06. The molecule has 0 bridgehead atoms. The molecule has 0 spiro atoms. The Morgan fingerprint density at radius 1 is 1.36 bits per heavy atom. The highest BCUT2D eigenvalue weighted by atomic mass is 79.9. The molecule has 1 aromatic carbocycles. The van der Waals surface area contributed by atoms with Gasteiger partial charge in [0.05, 0.1) is 18.1 Å². The summed E-state index contributed by atoms with van der Waals surface area (Å²) in [6.07, 6.45) is 1.93. The van der Waals surface area contributed by atoms with Gasteiger partial charge in [0, 0.05) is 17.8 Å². The van der Waals surface area contributed by atoms with E-state index in [1.807, 2.05) is 6.07 Å². The average molecular weight is 448 g/mol. The number of hydrogen-bond donors (Lipinski definition) is 0. The maximum atomic E-state index is 12.9. The molecule has 0 N–H and O–H groups in total. The number of nitrogens with zero attached hydrogens (tertiary/aromatic N) is 2. The van der Waals surface area contributed by atoms with Gasteiger partial charge in [-0.25, -0.2) is 13.4 Å². The number of pyridine rings is 1. The van der Waals surface area contributed by atoms with Gasteiger partial charge in [-0.1, -0.05) is 11.6 Å². The van der Waals surface area contributed by atoms with E-state index >= 15 is 0 Å². The number of ether oxygens (including phenoxy) is 2. The molecule has 2 aromatic rings. The number of halogens is 2. The van der Waals surface area contributed by atoms with Gasteiger partial charge in [-0.3, -0.25) is 0 Å². The molecule has 1 aromatic heterocycles. The van der Waals surface area contributed by atoms with Gasteiger partial charge in [-0.15, -0.1) is 0 Å². The fraction of sp³-hybridized carbons (Fsp3) is 0.312. The lowest BCUT2D eigenvalue weighted by Crippen LogP contribution is -2.31. The van der Waals surface area contributed by atoms with Crippen molar-refractivity contribution in [3.63, 3.8) is 0 Å². The molecule has 2 heterocycles. The summed E-state index contributed by atoms with van der Waals surface area (Å²) in [5, 5.41) is 0.337. The molecule has 1 fully saturated rings. The third-order valence-electron chi connectivity index (χ3n) is 3.85. The Labute approximate surface area is 159 Å². The van der Waals surface area contributed by atoms with E-state index in [4.69, 9.17) is 21.1 Å². The summed E-state index contributed by atoms with van der Waals surface area (Å²) >= 11 is 9.33. The van der Waals surface area contributed by atoms with Crippen molar-refractivity contribution in [2.45, 2.75) is 17.4 Å². The monoisotopic (exact) mass is 446 g/mol. The van der Waals surface area contributed by atoms with Gasteiger partial charge < -0.3 is 9.47 Å². The van der Waals surface area contributed by atoms with Crippen LogP contribution in [0.4, 0.5) is 0 Å². The molecule has 134 valence electrons. The van der Waals surface area contributed by atoms with E-state index in [9.17, 15) is 8.42 Å². The molecule has 1 unspecified atom stereocenters. The topological polar surface area (TPSA) is 68.7 Å². The van der Waals surface area contributed by atoms with Crippen molar-refractivity contribution in [3.8, 4) is 11.6 Å². The highest BCUT2D eigenvalue weighted by Crippen LogP contribution is 2.32. The maximum Gasteiger partial charge on any atom is 0.246 e. The summed E-state index contributed by atoms with van der Waals surface area (Å²) in [4.78, 5) is 4.21. The Morgan fingerprint density at radius 2 is 2.16 bits per heavy atom. The lowest BCUT2D eigenvalue weighted by atomic mass is 10.3. The van der Waals surface area contributed by atoms with E-state index in [-0.39, 0.29) is 23.3 Å². The van der Waals surface area contributed by atoms with Gasteiger partial charge in [0.15, 0.2) is 0 Å². The Morgan fingerprint density at radius 3 is 2.88 bits per heavy atom. The van der Waals surface area contributed by atoms with Gasteiger partial charge in [0.25, 0.3) is 0 Å². The molecule has 3 rings (SSSR count). The second-order valence-corrected chi connectivity index (χ2v) is 8.67. The van der Waals surface area contributed by atoms with Crippen molar-refractivity contribution >= 4 is 37.6 Å². The Kier molecular flexibility index (Phi) is 5.52. The minimum absolute atomic E-state index is 0.0576. The third kappa shape index (κ3) is 3.92. The highest BCUT2D eigenvalue weighted by molar-refractivity contribution is 9.10. The molecule has 25 heavy (non-hydrogen) atoms. The maximum absolute atomic E-state index is 12.9. The molecule has 1 atom stereocenters. The first-order valence-electron chi connectivity index (χ1n) is 7.52. The molecule has 1 aliphatic rings. The van der Waals surface area contributed by atoms with E-state index in [1.165, 1.54) is 17.5 Å². The van der Waals surface area contributed by atoms with E-state index in [0.717, 1.165) is 4.47 Å². The first-order valence-corrected chi connectivity index (χ1v) is 10.1. The first-order chi connectivity index (χ1) is 11.9. The highest BCUT2D eigenvalue weighted by Gasteiger charge is 2.35. The van der Waals surface area contributed by atoms with E-state index in [1.54, 1.807) is 24.4 Å². The van der Waals surface area contributed by atoms with Crippen LogP contribution < -0.4 is 9.47 Å². The van der Waals surface area contributed by atoms with Crippen LogP contribution >= 0.6 is 27.5 Å². The molecular formula is C16H16BrClN2O4S.